The molecule has 0 fully saturated rings. The number of aromatic carboxylic acids is 1. The Labute approximate surface area is 175 Å². The quantitative estimate of drug-likeness (QED) is 0.540. The van der Waals surface area contributed by atoms with Crippen LogP contribution in [0.1, 0.15) is 57.8 Å². The van der Waals surface area contributed by atoms with Gasteiger partial charge >= 0.3 is 5.97 Å². The fraction of sp³-hybridized carbons (Fsp3) is 0.280. The van der Waals surface area contributed by atoms with Crippen molar-refractivity contribution in [1.29, 1.82) is 0 Å². The summed E-state index contributed by atoms with van der Waals surface area (Å²) >= 11 is 0. The number of carboxylic acid groups (broad SMARTS) is 1. The molecule has 4 rings (SSSR count). The molecular weight excluding hydrogens is 381 g/mol. The highest BCUT2D eigenvalue weighted by Crippen LogP contribution is 2.38. The molecule has 2 aromatic carbocycles. The highest BCUT2D eigenvalue weighted by Gasteiger charge is 2.22. The van der Waals surface area contributed by atoms with Gasteiger partial charge in [-0.15, -0.1) is 0 Å². The fourth-order valence-corrected chi connectivity index (χ4v) is 4.27. The standard InChI is InChI=1S/C25H24FNO3/c1-16-13-20(26)7-10-24(16)30-21-8-9-22-17(3-2-4-18(22)14-21)5-6-19-15-27-12-11-23(19)25(28)29/h7-15,17H,2-6H2,1H3,(H,28,29). The number of aromatic nitrogens is 1. The summed E-state index contributed by atoms with van der Waals surface area (Å²) in [7, 11) is 0. The Kier molecular flexibility index (Phi) is 5.79. The molecule has 4 nitrogen and oxygen atoms in total. The van der Waals surface area contributed by atoms with Crippen molar-refractivity contribution >= 4 is 5.97 Å². The van der Waals surface area contributed by atoms with Crippen LogP contribution in [-0.4, -0.2) is 16.1 Å². The molecule has 5 heteroatoms. The Morgan fingerprint density at radius 3 is 2.90 bits per heavy atom. The number of hydrogen-bond donors (Lipinski definition) is 1. The van der Waals surface area contributed by atoms with Crippen LogP contribution in [0.25, 0.3) is 0 Å². The van der Waals surface area contributed by atoms with Crippen LogP contribution in [0.3, 0.4) is 0 Å². The van der Waals surface area contributed by atoms with Gasteiger partial charge in [-0.2, -0.15) is 0 Å². The topological polar surface area (TPSA) is 59.4 Å². The molecule has 0 saturated heterocycles. The van der Waals surface area contributed by atoms with Gasteiger partial charge in [0.25, 0.3) is 0 Å². The molecule has 154 valence electrons. The van der Waals surface area contributed by atoms with Crippen molar-refractivity contribution in [3.05, 3.63) is 88.5 Å². The van der Waals surface area contributed by atoms with E-state index in [0.29, 0.717) is 23.7 Å². The van der Waals surface area contributed by atoms with E-state index in [-0.39, 0.29) is 5.82 Å². The van der Waals surface area contributed by atoms with Crippen molar-refractivity contribution in [3.8, 4) is 11.5 Å². The van der Waals surface area contributed by atoms with Crippen molar-refractivity contribution in [2.24, 2.45) is 0 Å². The highest BCUT2D eigenvalue weighted by atomic mass is 19.1. The molecule has 30 heavy (non-hydrogen) atoms. The Morgan fingerprint density at radius 2 is 2.10 bits per heavy atom. The first-order valence-electron chi connectivity index (χ1n) is 10.2. The van der Waals surface area contributed by atoms with E-state index < -0.39 is 5.97 Å². The molecule has 0 bridgehead atoms. The SMILES string of the molecule is Cc1cc(F)ccc1Oc1ccc2c(c1)CCCC2CCc1cnccc1C(=O)O. The molecule has 1 aliphatic rings. The lowest BCUT2D eigenvalue weighted by atomic mass is 9.79. The van der Waals surface area contributed by atoms with Crippen LogP contribution in [0, 0.1) is 12.7 Å². The zero-order valence-electron chi connectivity index (χ0n) is 16.9. The third kappa shape index (κ3) is 4.35. The van der Waals surface area contributed by atoms with Crippen LogP contribution in [-0.2, 0) is 12.8 Å². The van der Waals surface area contributed by atoms with Gasteiger partial charge in [-0.1, -0.05) is 6.07 Å². The lowest BCUT2D eigenvalue weighted by Gasteiger charge is -2.26. The molecule has 1 aliphatic carbocycles. The largest absolute Gasteiger partial charge is 0.478 e. The average molecular weight is 405 g/mol. The van der Waals surface area contributed by atoms with E-state index in [9.17, 15) is 14.3 Å². The smallest absolute Gasteiger partial charge is 0.336 e. The minimum atomic E-state index is -0.908. The first-order valence-corrected chi connectivity index (χ1v) is 10.2. The molecular formula is C25H24FNO3. The number of rotatable bonds is 6. The van der Waals surface area contributed by atoms with Gasteiger partial charge in [0, 0.05) is 12.4 Å². The second kappa shape index (κ2) is 8.66. The number of halogens is 1. The van der Waals surface area contributed by atoms with Gasteiger partial charge in [0.05, 0.1) is 5.56 Å². The number of benzene rings is 2. The third-order valence-corrected chi connectivity index (χ3v) is 5.81. The number of aryl methyl sites for hydroxylation is 3. The molecule has 1 heterocycles. The molecule has 1 atom stereocenters. The van der Waals surface area contributed by atoms with E-state index in [1.54, 1.807) is 18.3 Å². The van der Waals surface area contributed by atoms with E-state index in [4.69, 9.17) is 4.74 Å². The second-order valence-corrected chi connectivity index (χ2v) is 7.84. The van der Waals surface area contributed by atoms with Crippen molar-refractivity contribution in [3.63, 3.8) is 0 Å². The Bertz CT molecular complexity index is 1080. The van der Waals surface area contributed by atoms with Gasteiger partial charge in [0.15, 0.2) is 0 Å². The second-order valence-electron chi connectivity index (χ2n) is 7.84. The minimum Gasteiger partial charge on any atom is -0.478 e. The molecule has 0 saturated carbocycles. The van der Waals surface area contributed by atoms with E-state index in [2.05, 4.69) is 17.1 Å². The molecule has 0 spiro atoms. The third-order valence-electron chi connectivity index (χ3n) is 5.81. The Balaban J connectivity index is 1.50. The van der Waals surface area contributed by atoms with Crippen LogP contribution < -0.4 is 4.74 Å². The summed E-state index contributed by atoms with van der Waals surface area (Å²) in [4.78, 5) is 15.5. The lowest BCUT2D eigenvalue weighted by Crippen LogP contribution is -2.12. The van der Waals surface area contributed by atoms with E-state index in [0.717, 1.165) is 42.6 Å². The Morgan fingerprint density at radius 1 is 1.23 bits per heavy atom. The van der Waals surface area contributed by atoms with Crippen LogP contribution in [0.2, 0.25) is 0 Å². The maximum Gasteiger partial charge on any atom is 0.336 e. The number of carboxylic acids is 1. The molecule has 1 unspecified atom stereocenters. The summed E-state index contributed by atoms with van der Waals surface area (Å²) in [6.45, 7) is 1.83. The number of pyridine rings is 1. The van der Waals surface area contributed by atoms with E-state index in [1.165, 1.54) is 29.5 Å². The van der Waals surface area contributed by atoms with Crippen molar-refractivity contribution in [1.82, 2.24) is 4.98 Å². The summed E-state index contributed by atoms with van der Waals surface area (Å²) < 4.78 is 19.3. The molecule has 0 aliphatic heterocycles. The molecule has 1 aromatic heterocycles. The number of ether oxygens (including phenoxy) is 1. The Hall–Kier alpha value is -3.21. The minimum absolute atomic E-state index is 0.271. The summed E-state index contributed by atoms with van der Waals surface area (Å²) in [5, 5.41) is 9.38. The molecule has 3 aromatic rings. The van der Waals surface area contributed by atoms with Gasteiger partial charge in [-0.3, -0.25) is 4.98 Å². The van der Waals surface area contributed by atoms with Gasteiger partial charge in [-0.05, 0) is 104 Å². The van der Waals surface area contributed by atoms with Gasteiger partial charge in [0.1, 0.15) is 17.3 Å². The van der Waals surface area contributed by atoms with Crippen LogP contribution >= 0.6 is 0 Å². The summed E-state index contributed by atoms with van der Waals surface area (Å²) in [5.74, 6) is 0.616. The molecule has 0 amide bonds. The van der Waals surface area contributed by atoms with Crippen LogP contribution in [0.5, 0.6) is 11.5 Å². The monoisotopic (exact) mass is 405 g/mol. The van der Waals surface area contributed by atoms with Gasteiger partial charge in [-0.25, -0.2) is 9.18 Å². The lowest BCUT2D eigenvalue weighted by molar-refractivity contribution is 0.0695. The summed E-state index contributed by atoms with van der Waals surface area (Å²) in [6, 6.07) is 12.3. The average Bonchev–Trinajstić information content (AvgIpc) is 2.74. The normalized spacial score (nSPS) is 15.5. The molecule has 0 radical (unpaired) electrons. The van der Waals surface area contributed by atoms with Gasteiger partial charge in [0.2, 0.25) is 0 Å². The summed E-state index contributed by atoms with van der Waals surface area (Å²) in [6.07, 6.45) is 7.94. The van der Waals surface area contributed by atoms with Crippen LogP contribution in [0.15, 0.2) is 54.9 Å². The zero-order valence-corrected chi connectivity index (χ0v) is 16.9. The van der Waals surface area contributed by atoms with E-state index in [1.807, 2.05) is 13.0 Å². The fourth-order valence-electron chi connectivity index (χ4n) is 4.27. The maximum atomic E-state index is 13.3. The van der Waals surface area contributed by atoms with Gasteiger partial charge < -0.3 is 9.84 Å². The maximum absolute atomic E-state index is 13.3. The van der Waals surface area contributed by atoms with Crippen molar-refractivity contribution in [2.45, 2.75) is 44.9 Å². The van der Waals surface area contributed by atoms with E-state index >= 15 is 0 Å². The number of hydrogen-bond acceptors (Lipinski definition) is 3. The molecule has 1 N–H and O–H groups in total. The number of nitrogens with zero attached hydrogens (tertiary/aromatic N) is 1. The number of fused-ring (bicyclic) bond motifs is 1. The summed E-state index contributed by atoms with van der Waals surface area (Å²) in [5.41, 5.74) is 4.46. The predicted molar refractivity (Wildman–Crippen MR) is 113 cm³/mol. The van der Waals surface area contributed by atoms with Crippen molar-refractivity contribution < 1.29 is 19.0 Å². The zero-order chi connectivity index (χ0) is 21.1. The predicted octanol–water partition coefficient (Wildman–Crippen LogP) is 6.07. The highest BCUT2D eigenvalue weighted by molar-refractivity contribution is 5.89. The first kappa shape index (κ1) is 20.1. The first-order chi connectivity index (χ1) is 14.5. The van der Waals surface area contributed by atoms with Crippen molar-refractivity contribution in [2.75, 3.05) is 0 Å². The van der Waals surface area contributed by atoms with Crippen LogP contribution in [0.4, 0.5) is 4.39 Å². The number of carbonyl (C=O) groups is 1.